The predicted octanol–water partition coefficient (Wildman–Crippen LogP) is 3.60. The quantitative estimate of drug-likeness (QED) is 0.826. The minimum atomic E-state index is 0.309. The van der Waals surface area contributed by atoms with Crippen LogP contribution in [-0.4, -0.2) is 25.3 Å². The molecule has 2 atom stereocenters. The van der Waals surface area contributed by atoms with Crippen molar-refractivity contribution >= 4 is 0 Å². The summed E-state index contributed by atoms with van der Waals surface area (Å²) in [6.45, 7) is 9.41. The molecule has 0 bridgehead atoms. The molecule has 0 aromatic rings. The maximum atomic E-state index is 5.53. The van der Waals surface area contributed by atoms with E-state index in [0.29, 0.717) is 17.6 Å². The highest BCUT2D eigenvalue weighted by Crippen LogP contribution is 2.43. The summed E-state index contributed by atoms with van der Waals surface area (Å²) in [4.78, 5) is 0. The highest BCUT2D eigenvalue weighted by atomic mass is 16.5. The van der Waals surface area contributed by atoms with Crippen molar-refractivity contribution in [2.75, 3.05) is 7.11 Å². The Kier molecular flexibility index (Phi) is 4.38. The van der Waals surface area contributed by atoms with Crippen molar-refractivity contribution in [2.24, 2.45) is 17.3 Å². The van der Waals surface area contributed by atoms with Gasteiger partial charge in [-0.15, -0.1) is 0 Å². The molecule has 2 aliphatic rings. The van der Waals surface area contributed by atoms with Crippen LogP contribution in [-0.2, 0) is 4.74 Å². The summed E-state index contributed by atoms with van der Waals surface area (Å²) in [5.41, 5.74) is 0.309. The van der Waals surface area contributed by atoms with Gasteiger partial charge in [-0.25, -0.2) is 0 Å². The predicted molar refractivity (Wildman–Crippen MR) is 76.7 cm³/mol. The van der Waals surface area contributed by atoms with Crippen LogP contribution in [0.4, 0.5) is 0 Å². The molecule has 0 heterocycles. The number of ether oxygens (including phenoxy) is 1. The number of methoxy groups -OCH3 is 1. The van der Waals surface area contributed by atoms with Crippen molar-refractivity contribution in [3.8, 4) is 0 Å². The maximum absolute atomic E-state index is 5.53. The van der Waals surface area contributed by atoms with Crippen molar-refractivity contribution in [1.29, 1.82) is 0 Å². The first-order chi connectivity index (χ1) is 8.45. The standard InChI is InChI=1S/C16H31NO/c1-11(2)12-6-8-13(9-7-12)17-14-10-15(18-5)16(14,3)4/h11-15,17H,6-10H2,1-5H3. The molecule has 2 heteroatoms. The van der Waals surface area contributed by atoms with E-state index in [1.54, 1.807) is 0 Å². The molecule has 0 saturated heterocycles. The molecule has 106 valence electrons. The minimum absolute atomic E-state index is 0.309. The first kappa shape index (κ1) is 14.3. The van der Waals surface area contributed by atoms with Gasteiger partial charge < -0.3 is 10.1 Å². The average Bonchev–Trinajstić information content (AvgIpc) is 2.34. The fraction of sp³-hybridized carbons (Fsp3) is 1.00. The molecular formula is C16H31NO. The molecule has 0 amide bonds. The lowest BCUT2D eigenvalue weighted by Gasteiger charge is -2.53. The summed E-state index contributed by atoms with van der Waals surface area (Å²) < 4.78 is 5.53. The van der Waals surface area contributed by atoms with Gasteiger partial charge in [0.2, 0.25) is 0 Å². The summed E-state index contributed by atoms with van der Waals surface area (Å²) in [7, 11) is 1.84. The van der Waals surface area contributed by atoms with Gasteiger partial charge in [0.15, 0.2) is 0 Å². The normalized spacial score (nSPS) is 39.7. The van der Waals surface area contributed by atoms with Crippen LogP contribution in [0.15, 0.2) is 0 Å². The molecule has 2 aliphatic carbocycles. The molecule has 2 nitrogen and oxygen atoms in total. The lowest BCUT2D eigenvalue weighted by atomic mass is 9.64. The summed E-state index contributed by atoms with van der Waals surface area (Å²) in [6, 6.07) is 1.41. The van der Waals surface area contributed by atoms with Crippen LogP contribution in [0.25, 0.3) is 0 Å². The van der Waals surface area contributed by atoms with E-state index in [9.17, 15) is 0 Å². The smallest absolute Gasteiger partial charge is 0.0652 e. The second-order valence-electron chi connectivity index (χ2n) is 7.36. The molecule has 1 N–H and O–H groups in total. The van der Waals surface area contributed by atoms with Gasteiger partial charge in [-0.2, -0.15) is 0 Å². The van der Waals surface area contributed by atoms with Gasteiger partial charge in [0.25, 0.3) is 0 Å². The summed E-state index contributed by atoms with van der Waals surface area (Å²) in [5, 5.41) is 3.89. The Balaban J connectivity index is 1.76. The molecule has 18 heavy (non-hydrogen) atoms. The number of hydrogen-bond acceptors (Lipinski definition) is 2. The molecule has 2 unspecified atom stereocenters. The summed E-state index contributed by atoms with van der Waals surface area (Å²) in [5.74, 6) is 1.83. The zero-order valence-corrected chi connectivity index (χ0v) is 12.8. The number of rotatable bonds is 4. The topological polar surface area (TPSA) is 21.3 Å². The van der Waals surface area contributed by atoms with Crippen molar-refractivity contribution < 1.29 is 4.74 Å². The van der Waals surface area contributed by atoms with Crippen molar-refractivity contribution in [1.82, 2.24) is 5.32 Å². The van der Waals surface area contributed by atoms with E-state index in [0.717, 1.165) is 17.9 Å². The lowest BCUT2D eigenvalue weighted by molar-refractivity contribution is -0.101. The molecule has 0 aliphatic heterocycles. The Morgan fingerprint density at radius 1 is 1.11 bits per heavy atom. The summed E-state index contributed by atoms with van der Waals surface area (Å²) in [6.07, 6.45) is 7.20. The number of hydrogen-bond donors (Lipinski definition) is 1. The van der Waals surface area contributed by atoms with Gasteiger partial charge in [-0.1, -0.05) is 27.7 Å². The Morgan fingerprint density at radius 3 is 2.17 bits per heavy atom. The van der Waals surface area contributed by atoms with Crippen LogP contribution in [0.2, 0.25) is 0 Å². The van der Waals surface area contributed by atoms with Gasteiger partial charge in [0, 0.05) is 24.6 Å². The van der Waals surface area contributed by atoms with Crippen LogP contribution in [0.3, 0.4) is 0 Å². The highest BCUT2D eigenvalue weighted by Gasteiger charge is 2.49. The molecule has 2 rings (SSSR count). The van der Waals surface area contributed by atoms with Crippen LogP contribution in [0.1, 0.15) is 59.8 Å². The van der Waals surface area contributed by atoms with Crippen molar-refractivity contribution in [3.05, 3.63) is 0 Å². The fourth-order valence-corrected chi connectivity index (χ4v) is 3.81. The molecular weight excluding hydrogens is 222 g/mol. The van der Waals surface area contributed by atoms with Gasteiger partial charge >= 0.3 is 0 Å². The third-order valence-electron chi connectivity index (χ3n) is 5.61. The lowest BCUT2D eigenvalue weighted by Crippen LogP contribution is -2.62. The SMILES string of the molecule is COC1CC(NC2CCC(C(C)C)CC2)C1(C)C. The first-order valence-electron chi connectivity index (χ1n) is 7.74. The molecule has 2 fully saturated rings. The van der Waals surface area contributed by atoms with Crippen LogP contribution in [0.5, 0.6) is 0 Å². The Morgan fingerprint density at radius 2 is 1.72 bits per heavy atom. The van der Waals surface area contributed by atoms with E-state index in [4.69, 9.17) is 4.74 Å². The molecule has 0 aromatic carbocycles. The Hall–Kier alpha value is -0.0800. The monoisotopic (exact) mass is 253 g/mol. The first-order valence-corrected chi connectivity index (χ1v) is 7.74. The second kappa shape index (κ2) is 5.50. The minimum Gasteiger partial charge on any atom is -0.381 e. The second-order valence-corrected chi connectivity index (χ2v) is 7.36. The van der Waals surface area contributed by atoms with Gasteiger partial charge in [-0.3, -0.25) is 0 Å². The molecule has 0 spiro atoms. The van der Waals surface area contributed by atoms with Gasteiger partial charge in [0.1, 0.15) is 0 Å². The fourth-order valence-electron chi connectivity index (χ4n) is 3.81. The van der Waals surface area contributed by atoms with Gasteiger partial charge in [-0.05, 0) is 43.9 Å². The van der Waals surface area contributed by atoms with E-state index >= 15 is 0 Å². The van der Waals surface area contributed by atoms with Crippen molar-refractivity contribution in [2.45, 2.75) is 78.0 Å². The van der Waals surface area contributed by atoms with E-state index in [1.165, 1.54) is 32.1 Å². The number of nitrogens with one attached hydrogen (secondary N) is 1. The molecule has 0 radical (unpaired) electrons. The van der Waals surface area contributed by atoms with Gasteiger partial charge in [0.05, 0.1) is 6.10 Å². The van der Waals surface area contributed by atoms with Crippen LogP contribution in [0, 0.1) is 17.3 Å². The van der Waals surface area contributed by atoms with E-state index in [-0.39, 0.29) is 0 Å². The van der Waals surface area contributed by atoms with E-state index in [1.807, 2.05) is 7.11 Å². The van der Waals surface area contributed by atoms with Crippen LogP contribution < -0.4 is 5.32 Å². The zero-order valence-electron chi connectivity index (χ0n) is 12.8. The average molecular weight is 253 g/mol. The summed E-state index contributed by atoms with van der Waals surface area (Å²) >= 11 is 0. The molecule has 0 aromatic heterocycles. The zero-order chi connectivity index (χ0) is 13.3. The molecule has 2 saturated carbocycles. The largest absolute Gasteiger partial charge is 0.381 e. The van der Waals surface area contributed by atoms with E-state index < -0.39 is 0 Å². The van der Waals surface area contributed by atoms with E-state index in [2.05, 4.69) is 33.0 Å². The third kappa shape index (κ3) is 2.75. The van der Waals surface area contributed by atoms with Crippen LogP contribution >= 0.6 is 0 Å². The Labute approximate surface area is 113 Å². The highest BCUT2D eigenvalue weighted by molar-refractivity contribution is 5.03. The third-order valence-corrected chi connectivity index (χ3v) is 5.61. The van der Waals surface area contributed by atoms with Crippen molar-refractivity contribution in [3.63, 3.8) is 0 Å². The Bertz CT molecular complexity index is 266. The maximum Gasteiger partial charge on any atom is 0.0652 e.